The Morgan fingerprint density at radius 2 is 2.18 bits per heavy atom. The lowest BCUT2D eigenvalue weighted by Gasteiger charge is -2.38. The largest absolute Gasteiger partial charge is 0.444 e. The molecule has 1 aliphatic heterocycles. The average Bonchev–Trinajstić information content (AvgIpc) is 3.27. The molecule has 0 aromatic carbocycles. The number of amides is 1. The Hall–Kier alpha value is -3.23. The number of hydrogen-bond donors (Lipinski definition) is 1. The zero-order chi connectivity index (χ0) is 24.3. The third-order valence-corrected chi connectivity index (χ3v) is 5.90. The Morgan fingerprint density at radius 3 is 2.91 bits per heavy atom. The van der Waals surface area contributed by atoms with Gasteiger partial charge in [0.1, 0.15) is 17.1 Å². The van der Waals surface area contributed by atoms with Gasteiger partial charge < -0.3 is 15.0 Å². The topological polar surface area (TPSA) is 85.2 Å². The molecule has 34 heavy (non-hydrogen) atoms. The smallest absolute Gasteiger partial charge is 0.410 e. The number of carbonyl (C=O) groups is 1. The van der Waals surface area contributed by atoms with E-state index >= 15 is 4.39 Å². The van der Waals surface area contributed by atoms with Crippen molar-refractivity contribution in [2.75, 3.05) is 25.0 Å². The Balaban J connectivity index is 1.47. The second-order valence-corrected chi connectivity index (χ2v) is 9.84. The van der Waals surface area contributed by atoms with Gasteiger partial charge in [0, 0.05) is 49.4 Å². The Morgan fingerprint density at radius 1 is 1.35 bits per heavy atom. The Kier molecular flexibility index (Phi) is 6.72. The number of likely N-dealkylation sites (tertiary alicyclic amines) is 1. The standard InChI is InChI=1S/C25H33FN6O2/c1-5-32-16-18(15-29-32)20-14-21-19(8-6-11-27-21)22(30-20)28-12-10-25(26)9-7-13-31(17-25)23(33)34-24(2,3)4/h6,8,11,14-16H,5,7,9-10,12-13,17H2,1-4H3,(H,28,30)/t25-/m1/s1. The summed E-state index contributed by atoms with van der Waals surface area (Å²) in [5.41, 5.74) is 0.393. The highest BCUT2D eigenvalue weighted by atomic mass is 19.1. The highest BCUT2D eigenvalue weighted by molar-refractivity contribution is 5.91. The Bertz CT molecular complexity index is 1160. The van der Waals surface area contributed by atoms with E-state index in [0.29, 0.717) is 31.7 Å². The van der Waals surface area contributed by atoms with Crippen LogP contribution in [0, 0.1) is 0 Å². The summed E-state index contributed by atoms with van der Waals surface area (Å²) in [6, 6.07) is 5.75. The first-order valence-electron chi connectivity index (χ1n) is 11.9. The molecule has 4 rings (SSSR count). The molecule has 1 amide bonds. The molecule has 0 aliphatic carbocycles. The number of hydrogen-bond acceptors (Lipinski definition) is 6. The molecule has 3 aromatic heterocycles. The van der Waals surface area contributed by atoms with Crippen molar-refractivity contribution in [2.45, 2.75) is 64.8 Å². The second kappa shape index (κ2) is 9.56. The molecule has 4 heterocycles. The minimum atomic E-state index is -1.48. The lowest BCUT2D eigenvalue weighted by molar-refractivity contribution is -0.00663. The summed E-state index contributed by atoms with van der Waals surface area (Å²) in [5, 5.41) is 8.54. The normalized spacial score (nSPS) is 18.8. The maximum absolute atomic E-state index is 15.7. The first kappa shape index (κ1) is 23.9. The molecule has 9 heteroatoms. The fourth-order valence-electron chi connectivity index (χ4n) is 4.20. The van der Waals surface area contributed by atoms with E-state index in [9.17, 15) is 4.79 Å². The minimum Gasteiger partial charge on any atom is -0.444 e. The number of ether oxygens (including phenoxy) is 1. The molecule has 182 valence electrons. The molecule has 1 fully saturated rings. The SMILES string of the molecule is CCn1cc(-c2cc3ncccc3c(NCC[C@]3(F)CCCN(C(=O)OC(C)(C)C)C3)n2)cn1. The number of nitrogens with zero attached hydrogens (tertiary/aromatic N) is 5. The summed E-state index contributed by atoms with van der Waals surface area (Å²) in [5.74, 6) is 0.660. The van der Waals surface area contributed by atoms with Crippen LogP contribution in [0.1, 0.15) is 47.0 Å². The highest BCUT2D eigenvalue weighted by Gasteiger charge is 2.38. The van der Waals surface area contributed by atoms with E-state index in [1.165, 1.54) is 4.90 Å². The van der Waals surface area contributed by atoms with Crippen molar-refractivity contribution in [3.8, 4) is 11.3 Å². The number of anilines is 1. The zero-order valence-corrected chi connectivity index (χ0v) is 20.3. The van der Waals surface area contributed by atoms with E-state index < -0.39 is 17.4 Å². The maximum Gasteiger partial charge on any atom is 0.410 e. The van der Waals surface area contributed by atoms with Gasteiger partial charge in [-0.3, -0.25) is 9.67 Å². The van der Waals surface area contributed by atoms with Crippen LogP contribution in [0.25, 0.3) is 22.2 Å². The molecule has 0 radical (unpaired) electrons. The van der Waals surface area contributed by atoms with Crippen molar-refractivity contribution < 1.29 is 13.9 Å². The summed E-state index contributed by atoms with van der Waals surface area (Å²) in [6.45, 7) is 9.18. The van der Waals surface area contributed by atoms with Crippen LogP contribution in [-0.4, -0.2) is 61.6 Å². The molecule has 3 aromatic rings. The van der Waals surface area contributed by atoms with E-state index in [2.05, 4.69) is 15.4 Å². The van der Waals surface area contributed by atoms with Crippen molar-refractivity contribution in [3.63, 3.8) is 0 Å². The predicted molar refractivity (Wildman–Crippen MR) is 130 cm³/mol. The average molecular weight is 469 g/mol. The van der Waals surface area contributed by atoms with E-state index in [0.717, 1.165) is 28.7 Å². The van der Waals surface area contributed by atoms with Crippen molar-refractivity contribution in [1.29, 1.82) is 0 Å². The van der Waals surface area contributed by atoms with Gasteiger partial charge in [-0.25, -0.2) is 14.2 Å². The molecule has 0 saturated carbocycles. The number of halogens is 1. The molecule has 1 atom stereocenters. The number of pyridine rings is 2. The van der Waals surface area contributed by atoms with E-state index in [1.807, 2.05) is 56.8 Å². The Labute approximate surface area is 199 Å². The zero-order valence-electron chi connectivity index (χ0n) is 20.3. The predicted octanol–water partition coefficient (Wildman–Crippen LogP) is 5.05. The molecular weight excluding hydrogens is 435 g/mol. The van der Waals surface area contributed by atoms with Crippen LogP contribution in [0.3, 0.4) is 0 Å². The molecule has 0 spiro atoms. The first-order chi connectivity index (χ1) is 16.2. The first-order valence-corrected chi connectivity index (χ1v) is 11.9. The van der Waals surface area contributed by atoms with E-state index in [1.54, 1.807) is 12.4 Å². The lowest BCUT2D eigenvalue weighted by atomic mass is 9.91. The number of fused-ring (bicyclic) bond motifs is 1. The fourth-order valence-corrected chi connectivity index (χ4v) is 4.20. The van der Waals surface area contributed by atoms with Crippen LogP contribution in [0.5, 0.6) is 0 Å². The number of piperidine rings is 1. The van der Waals surface area contributed by atoms with E-state index in [-0.39, 0.29) is 13.0 Å². The van der Waals surface area contributed by atoms with Gasteiger partial charge in [-0.05, 0) is 58.7 Å². The quantitative estimate of drug-likeness (QED) is 0.545. The van der Waals surface area contributed by atoms with Crippen molar-refractivity contribution in [1.82, 2.24) is 24.6 Å². The summed E-state index contributed by atoms with van der Waals surface area (Å²) >= 11 is 0. The second-order valence-electron chi connectivity index (χ2n) is 9.84. The number of aromatic nitrogens is 4. The van der Waals surface area contributed by atoms with Crippen LogP contribution >= 0.6 is 0 Å². The van der Waals surface area contributed by atoms with Gasteiger partial charge in [0.25, 0.3) is 0 Å². The number of aryl methyl sites for hydroxylation is 1. The molecule has 0 unspecified atom stereocenters. The summed E-state index contributed by atoms with van der Waals surface area (Å²) in [4.78, 5) is 23.2. The summed E-state index contributed by atoms with van der Waals surface area (Å²) in [7, 11) is 0. The van der Waals surface area contributed by atoms with Crippen LogP contribution in [0.2, 0.25) is 0 Å². The van der Waals surface area contributed by atoms with Crippen LogP contribution in [-0.2, 0) is 11.3 Å². The number of rotatable bonds is 6. The number of alkyl halides is 1. The molecule has 1 N–H and O–H groups in total. The molecule has 1 aliphatic rings. The fraction of sp³-hybridized carbons (Fsp3) is 0.520. The molecule has 8 nitrogen and oxygen atoms in total. The van der Waals surface area contributed by atoms with Crippen molar-refractivity contribution in [2.24, 2.45) is 0 Å². The van der Waals surface area contributed by atoms with Gasteiger partial charge in [-0.2, -0.15) is 5.10 Å². The molecule has 1 saturated heterocycles. The summed E-state index contributed by atoms with van der Waals surface area (Å²) < 4.78 is 23.0. The highest BCUT2D eigenvalue weighted by Crippen LogP contribution is 2.31. The monoisotopic (exact) mass is 468 g/mol. The van der Waals surface area contributed by atoms with Crippen molar-refractivity contribution in [3.05, 3.63) is 36.8 Å². The third kappa shape index (κ3) is 5.63. The number of nitrogens with one attached hydrogen (secondary N) is 1. The number of carbonyl (C=O) groups excluding carboxylic acids is 1. The minimum absolute atomic E-state index is 0.0373. The molecular formula is C25H33FN6O2. The van der Waals surface area contributed by atoms with Crippen LogP contribution in [0.4, 0.5) is 15.0 Å². The lowest BCUT2D eigenvalue weighted by Crippen LogP contribution is -2.50. The van der Waals surface area contributed by atoms with Crippen LogP contribution in [0.15, 0.2) is 36.8 Å². The molecule has 0 bridgehead atoms. The van der Waals surface area contributed by atoms with Crippen molar-refractivity contribution >= 4 is 22.8 Å². The van der Waals surface area contributed by atoms with Gasteiger partial charge in [0.15, 0.2) is 0 Å². The summed E-state index contributed by atoms with van der Waals surface area (Å²) in [6.07, 6.45) is 6.31. The van der Waals surface area contributed by atoms with Gasteiger partial charge in [-0.15, -0.1) is 0 Å². The van der Waals surface area contributed by atoms with Gasteiger partial charge in [0.2, 0.25) is 0 Å². The van der Waals surface area contributed by atoms with E-state index in [4.69, 9.17) is 9.72 Å². The third-order valence-electron chi connectivity index (χ3n) is 5.90. The van der Waals surface area contributed by atoms with Crippen LogP contribution < -0.4 is 5.32 Å². The van der Waals surface area contributed by atoms with Gasteiger partial charge in [-0.1, -0.05) is 0 Å². The van der Waals surface area contributed by atoms with Gasteiger partial charge in [0.05, 0.1) is 24.0 Å². The van der Waals surface area contributed by atoms with Gasteiger partial charge >= 0.3 is 6.09 Å². The maximum atomic E-state index is 15.7.